The summed E-state index contributed by atoms with van der Waals surface area (Å²) in [6.07, 6.45) is 0.539. The van der Waals surface area contributed by atoms with E-state index in [2.05, 4.69) is 5.32 Å². The first-order valence-corrected chi connectivity index (χ1v) is 10.4. The van der Waals surface area contributed by atoms with E-state index in [9.17, 15) is 14.4 Å². The van der Waals surface area contributed by atoms with Crippen LogP contribution in [0.3, 0.4) is 0 Å². The predicted molar refractivity (Wildman–Crippen MR) is 112 cm³/mol. The molecule has 1 aromatic carbocycles. The minimum absolute atomic E-state index is 0.0230. The number of fused-ring (bicyclic) bond motifs is 1. The fourth-order valence-electron chi connectivity index (χ4n) is 3.16. The summed E-state index contributed by atoms with van der Waals surface area (Å²) in [5.74, 6) is 0.329. The molecule has 2 heterocycles. The average molecular weight is 432 g/mol. The number of anilines is 1. The van der Waals surface area contributed by atoms with Gasteiger partial charge >= 0.3 is 5.97 Å². The van der Waals surface area contributed by atoms with Crippen molar-refractivity contribution in [2.75, 3.05) is 32.2 Å². The summed E-state index contributed by atoms with van der Waals surface area (Å²) < 4.78 is 15.8. The summed E-state index contributed by atoms with van der Waals surface area (Å²) >= 11 is 1.29. The number of benzene rings is 1. The zero-order valence-corrected chi connectivity index (χ0v) is 18.0. The van der Waals surface area contributed by atoms with E-state index < -0.39 is 11.9 Å². The average Bonchev–Trinajstić information content (AvgIpc) is 3.09. The molecular weight excluding hydrogens is 408 g/mol. The number of carbonyl (C=O) groups is 3. The van der Waals surface area contributed by atoms with Crippen molar-refractivity contribution >= 4 is 34.1 Å². The van der Waals surface area contributed by atoms with Crippen LogP contribution < -0.4 is 14.8 Å². The molecule has 8 nitrogen and oxygen atoms in total. The zero-order valence-electron chi connectivity index (χ0n) is 17.1. The normalized spacial score (nSPS) is 12.7. The van der Waals surface area contributed by atoms with Gasteiger partial charge in [-0.1, -0.05) is 0 Å². The molecule has 1 N–H and O–H groups in total. The third-order valence-corrected chi connectivity index (χ3v) is 5.80. The molecular formula is C21H24N2O6S. The van der Waals surface area contributed by atoms with Gasteiger partial charge in [-0.2, -0.15) is 0 Å². The number of hydrogen-bond acceptors (Lipinski definition) is 7. The highest BCUT2D eigenvalue weighted by Crippen LogP contribution is 2.37. The molecule has 2 amide bonds. The maximum Gasteiger partial charge on any atom is 0.341 e. The maximum atomic E-state index is 12.5. The minimum Gasteiger partial charge on any atom is -0.497 e. The Morgan fingerprint density at radius 3 is 2.50 bits per heavy atom. The molecule has 1 aliphatic rings. The second kappa shape index (κ2) is 9.62. The van der Waals surface area contributed by atoms with E-state index in [0.29, 0.717) is 41.6 Å². The van der Waals surface area contributed by atoms with Gasteiger partial charge in [0.2, 0.25) is 5.91 Å². The van der Waals surface area contributed by atoms with Crippen molar-refractivity contribution in [1.29, 1.82) is 0 Å². The Morgan fingerprint density at radius 1 is 1.17 bits per heavy atom. The molecule has 2 aromatic rings. The molecule has 160 valence electrons. The number of ether oxygens (including phenoxy) is 3. The van der Waals surface area contributed by atoms with Gasteiger partial charge in [0.25, 0.3) is 5.91 Å². The van der Waals surface area contributed by atoms with E-state index in [1.165, 1.54) is 18.3 Å². The van der Waals surface area contributed by atoms with Crippen LogP contribution in [0.4, 0.5) is 5.00 Å². The molecule has 0 fully saturated rings. The number of carbonyl (C=O) groups excluding carboxylic acids is 3. The first-order chi connectivity index (χ1) is 14.4. The first-order valence-electron chi connectivity index (χ1n) is 9.56. The van der Waals surface area contributed by atoms with Crippen molar-refractivity contribution in [3.63, 3.8) is 0 Å². The molecule has 0 unspecified atom stereocenters. The van der Waals surface area contributed by atoms with Gasteiger partial charge in [-0.25, -0.2) is 4.79 Å². The van der Waals surface area contributed by atoms with Crippen molar-refractivity contribution < 1.29 is 28.6 Å². The molecule has 0 aliphatic carbocycles. The summed E-state index contributed by atoms with van der Waals surface area (Å²) in [6.45, 7) is 4.21. The summed E-state index contributed by atoms with van der Waals surface area (Å²) in [6, 6.07) is 6.88. The van der Waals surface area contributed by atoms with E-state index in [0.717, 1.165) is 10.4 Å². The smallest absolute Gasteiger partial charge is 0.341 e. The zero-order chi connectivity index (χ0) is 21.7. The van der Waals surface area contributed by atoms with Crippen LogP contribution in [0.1, 0.15) is 34.6 Å². The standard InChI is InChI=1S/C21H24N2O6S/c1-4-28-21(26)19-16-9-10-23(13(2)24)11-17(16)30-20(19)22-18(25)12-29-15-7-5-14(27-3)6-8-15/h5-8H,4,9-12H2,1-3H3,(H,22,25). The van der Waals surface area contributed by atoms with Gasteiger partial charge in [0.15, 0.2) is 6.61 Å². The summed E-state index contributed by atoms with van der Waals surface area (Å²) in [5.41, 5.74) is 1.21. The van der Waals surface area contributed by atoms with Crippen LogP contribution >= 0.6 is 11.3 Å². The highest BCUT2D eigenvalue weighted by molar-refractivity contribution is 7.17. The third-order valence-electron chi connectivity index (χ3n) is 4.66. The molecule has 0 atom stereocenters. The largest absolute Gasteiger partial charge is 0.497 e. The fraction of sp³-hybridized carbons (Fsp3) is 0.381. The van der Waals surface area contributed by atoms with Gasteiger partial charge in [0, 0.05) is 18.3 Å². The molecule has 9 heteroatoms. The van der Waals surface area contributed by atoms with Crippen LogP contribution in [0.15, 0.2) is 24.3 Å². The van der Waals surface area contributed by atoms with Crippen LogP contribution in [0.5, 0.6) is 11.5 Å². The van der Waals surface area contributed by atoms with E-state index in [1.807, 2.05) is 0 Å². The number of hydrogen-bond donors (Lipinski definition) is 1. The topological polar surface area (TPSA) is 94.2 Å². The molecule has 0 saturated heterocycles. The Balaban J connectivity index is 1.74. The van der Waals surface area contributed by atoms with Crippen LogP contribution in [0.2, 0.25) is 0 Å². The lowest BCUT2D eigenvalue weighted by molar-refractivity contribution is -0.129. The lowest BCUT2D eigenvalue weighted by Crippen LogP contribution is -2.34. The van der Waals surface area contributed by atoms with E-state index in [1.54, 1.807) is 43.2 Å². The van der Waals surface area contributed by atoms with Gasteiger partial charge in [-0.15, -0.1) is 11.3 Å². The van der Waals surface area contributed by atoms with Crippen LogP contribution in [-0.4, -0.2) is 49.6 Å². The van der Waals surface area contributed by atoms with Gasteiger partial charge in [-0.05, 0) is 43.2 Å². The summed E-state index contributed by atoms with van der Waals surface area (Å²) in [7, 11) is 1.57. The summed E-state index contributed by atoms with van der Waals surface area (Å²) in [5, 5.41) is 3.19. The number of esters is 1. The van der Waals surface area contributed by atoms with E-state index in [-0.39, 0.29) is 19.1 Å². The van der Waals surface area contributed by atoms with Crippen LogP contribution in [-0.2, 0) is 27.3 Å². The Bertz CT molecular complexity index is 938. The number of nitrogens with one attached hydrogen (secondary N) is 1. The minimum atomic E-state index is -0.474. The highest BCUT2D eigenvalue weighted by Gasteiger charge is 2.30. The molecule has 0 spiro atoms. The van der Waals surface area contributed by atoms with E-state index >= 15 is 0 Å². The fourth-order valence-corrected chi connectivity index (χ4v) is 4.43. The van der Waals surface area contributed by atoms with Gasteiger partial charge in [0.05, 0.1) is 25.8 Å². The van der Waals surface area contributed by atoms with Gasteiger partial charge in [-0.3, -0.25) is 9.59 Å². The second-order valence-corrected chi connectivity index (χ2v) is 7.74. The molecule has 1 aromatic heterocycles. The highest BCUT2D eigenvalue weighted by atomic mass is 32.1. The van der Waals surface area contributed by atoms with Crippen molar-refractivity contribution in [2.45, 2.75) is 26.8 Å². The number of nitrogens with zero attached hydrogens (tertiary/aromatic N) is 1. The number of methoxy groups -OCH3 is 1. The molecule has 0 radical (unpaired) electrons. The Hall–Kier alpha value is -3.07. The Labute approximate surface area is 178 Å². The number of thiophene rings is 1. The van der Waals surface area contributed by atoms with Gasteiger partial charge in [0.1, 0.15) is 16.5 Å². The van der Waals surface area contributed by atoms with E-state index in [4.69, 9.17) is 14.2 Å². The molecule has 0 saturated carbocycles. The SMILES string of the molecule is CCOC(=O)c1c(NC(=O)COc2ccc(OC)cc2)sc2c1CCN(C(C)=O)C2. The first kappa shape index (κ1) is 21.6. The molecule has 0 bridgehead atoms. The van der Waals surface area contributed by atoms with Crippen LogP contribution in [0, 0.1) is 0 Å². The van der Waals surface area contributed by atoms with Crippen molar-refractivity contribution in [2.24, 2.45) is 0 Å². The molecule has 3 rings (SSSR count). The molecule has 30 heavy (non-hydrogen) atoms. The lowest BCUT2D eigenvalue weighted by Gasteiger charge is -2.25. The third kappa shape index (κ3) is 4.91. The maximum absolute atomic E-state index is 12.5. The Kier molecular flexibility index (Phi) is 6.94. The van der Waals surface area contributed by atoms with Crippen LogP contribution in [0.25, 0.3) is 0 Å². The van der Waals surface area contributed by atoms with Crippen molar-refractivity contribution in [3.05, 3.63) is 40.3 Å². The lowest BCUT2D eigenvalue weighted by atomic mass is 10.0. The number of rotatable bonds is 7. The summed E-state index contributed by atoms with van der Waals surface area (Å²) in [4.78, 5) is 39.3. The van der Waals surface area contributed by atoms with Gasteiger partial charge < -0.3 is 24.4 Å². The Morgan fingerprint density at radius 2 is 1.87 bits per heavy atom. The number of amides is 2. The second-order valence-electron chi connectivity index (χ2n) is 6.63. The predicted octanol–water partition coefficient (Wildman–Crippen LogP) is 2.86. The quantitative estimate of drug-likeness (QED) is 0.676. The van der Waals surface area contributed by atoms with Crippen molar-refractivity contribution in [1.82, 2.24) is 4.90 Å². The molecule has 1 aliphatic heterocycles. The van der Waals surface area contributed by atoms with Crippen molar-refractivity contribution in [3.8, 4) is 11.5 Å². The monoisotopic (exact) mass is 432 g/mol.